The third-order valence-corrected chi connectivity index (χ3v) is 7.22. The monoisotopic (exact) mass is 458 g/mol. The number of anilines is 2. The van der Waals surface area contributed by atoms with Crippen molar-refractivity contribution in [1.29, 1.82) is 0 Å². The Labute approximate surface area is 186 Å². The number of nitrogens with one attached hydrogen (secondary N) is 2. The normalized spacial score (nSPS) is 22.5. The van der Waals surface area contributed by atoms with Gasteiger partial charge in [-0.25, -0.2) is 27.7 Å². The molecule has 2 atom stereocenters. The number of sulfonamides is 1. The van der Waals surface area contributed by atoms with E-state index in [1.165, 1.54) is 10.6 Å². The van der Waals surface area contributed by atoms with E-state index in [1.807, 2.05) is 11.0 Å². The molecule has 3 aromatic rings. The zero-order chi connectivity index (χ0) is 22.3. The molecule has 3 aromatic heterocycles. The van der Waals surface area contributed by atoms with Gasteiger partial charge in [-0.2, -0.15) is 4.98 Å². The van der Waals surface area contributed by atoms with Gasteiger partial charge in [0.2, 0.25) is 16.0 Å². The van der Waals surface area contributed by atoms with Crippen molar-refractivity contribution in [3.8, 4) is 11.3 Å². The minimum absolute atomic E-state index is 0.0897. The first-order chi connectivity index (χ1) is 15.4. The molecule has 170 valence electrons. The average molecular weight is 459 g/mol. The van der Waals surface area contributed by atoms with Crippen LogP contribution in [0.25, 0.3) is 22.4 Å². The van der Waals surface area contributed by atoms with Crippen molar-refractivity contribution < 1.29 is 13.5 Å². The third-order valence-electron chi connectivity index (χ3n) is 5.95. The van der Waals surface area contributed by atoms with Gasteiger partial charge in [-0.05, 0) is 25.3 Å². The molecule has 12 heteroatoms. The summed E-state index contributed by atoms with van der Waals surface area (Å²) < 4.78 is 25.6. The average Bonchev–Trinajstić information content (AvgIpc) is 3.41. The van der Waals surface area contributed by atoms with Crippen LogP contribution in [0.4, 0.5) is 11.8 Å². The van der Waals surface area contributed by atoms with Crippen LogP contribution >= 0.6 is 0 Å². The molecule has 11 nitrogen and oxygen atoms in total. The van der Waals surface area contributed by atoms with E-state index in [4.69, 9.17) is 4.98 Å². The number of hydrogen-bond donors (Lipinski definition) is 3. The zero-order valence-electron chi connectivity index (χ0n) is 17.8. The molecule has 5 rings (SSSR count). The Morgan fingerprint density at radius 1 is 1.16 bits per heavy atom. The van der Waals surface area contributed by atoms with E-state index in [9.17, 15) is 13.5 Å². The van der Waals surface area contributed by atoms with Crippen molar-refractivity contribution in [1.82, 2.24) is 29.2 Å². The SMILES string of the molecule is CS(=O)(=O)N1CCC[C@H](Nc2nc(N3CC[C@H](O)C3)ncc2-c2cnc3[nH]ccc3n2)C1. The standard InChI is InChI=1S/C20H26N8O3S/c1-32(30,31)28-7-2-3-13(11-28)24-18-15(17-10-22-19-16(25-17)4-6-21-19)9-23-20(26-18)27-8-5-14(29)12-27/h4,6,9-10,13-14,29H,2-3,5,7-8,11-12H2,1H3,(H,21,22)(H,23,24,26)/t13-,14-/m0/s1. The lowest BCUT2D eigenvalue weighted by molar-refractivity contribution is 0.198. The second-order valence-corrected chi connectivity index (χ2v) is 10.4. The largest absolute Gasteiger partial charge is 0.391 e. The highest BCUT2D eigenvalue weighted by molar-refractivity contribution is 7.88. The minimum atomic E-state index is -3.26. The van der Waals surface area contributed by atoms with Gasteiger partial charge in [0.05, 0.1) is 29.8 Å². The van der Waals surface area contributed by atoms with E-state index >= 15 is 0 Å². The first kappa shape index (κ1) is 21.0. The summed E-state index contributed by atoms with van der Waals surface area (Å²) in [4.78, 5) is 23.4. The first-order valence-electron chi connectivity index (χ1n) is 10.7. The second kappa shape index (κ2) is 8.26. The van der Waals surface area contributed by atoms with Crippen LogP contribution < -0.4 is 10.2 Å². The Balaban J connectivity index is 1.50. The fourth-order valence-corrected chi connectivity index (χ4v) is 5.17. The van der Waals surface area contributed by atoms with Crippen LogP contribution in [-0.4, -0.2) is 87.3 Å². The fraction of sp³-hybridized carbons (Fsp3) is 0.500. The van der Waals surface area contributed by atoms with Gasteiger partial charge in [-0.15, -0.1) is 0 Å². The summed E-state index contributed by atoms with van der Waals surface area (Å²) in [5, 5.41) is 13.4. The molecule has 0 aliphatic carbocycles. The second-order valence-electron chi connectivity index (χ2n) is 8.39. The number of nitrogens with zero attached hydrogens (tertiary/aromatic N) is 6. The van der Waals surface area contributed by atoms with Crippen molar-refractivity contribution >= 4 is 33.0 Å². The summed E-state index contributed by atoms with van der Waals surface area (Å²) in [5.41, 5.74) is 2.76. The Bertz CT molecular complexity index is 1230. The number of rotatable bonds is 5. The number of aromatic nitrogens is 5. The number of aromatic amines is 1. The highest BCUT2D eigenvalue weighted by Crippen LogP contribution is 2.29. The molecule has 0 saturated carbocycles. The van der Waals surface area contributed by atoms with E-state index in [0.29, 0.717) is 61.3 Å². The number of β-amino-alcohol motifs (C(OH)–C–C–N with tert-alkyl or cyclic N) is 1. The molecule has 0 amide bonds. The zero-order valence-corrected chi connectivity index (χ0v) is 18.6. The maximum absolute atomic E-state index is 12.1. The molecule has 32 heavy (non-hydrogen) atoms. The van der Waals surface area contributed by atoms with E-state index in [1.54, 1.807) is 18.6 Å². The number of piperidine rings is 1. The fourth-order valence-electron chi connectivity index (χ4n) is 4.26. The summed E-state index contributed by atoms with van der Waals surface area (Å²) >= 11 is 0. The first-order valence-corrected chi connectivity index (χ1v) is 12.5. The van der Waals surface area contributed by atoms with Crippen LogP contribution in [0.15, 0.2) is 24.7 Å². The van der Waals surface area contributed by atoms with Crippen LogP contribution in [0.3, 0.4) is 0 Å². The van der Waals surface area contributed by atoms with Crippen molar-refractivity contribution in [3.05, 3.63) is 24.7 Å². The molecule has 0 unspecified atom stereocenters. The molecule has 5 heterocycles. The van der Waals surface area contributed by atoms with Crippen molar-refractivity contribution in [2.24, 2.45) is 0 Å². The Hall–Kier alpha value is -2.83. The Morgan fingerprint density at radius 2 is 2.03 bits per heavy atom. The Morgan fingerprint density at radius 3 is 2.81 bits per heavy atom. The van der Waals surface area contributed by atoms with Crippen LogP contribution in [0.5, 0.6) is 0 Å². The maximum atomic E-state index is 12.1. The lowest BCUT2D eigenvalue weighted by Crippen LogP contribution is -2.44. The molecule has 2 fully saturated rings. The molecule has 3 N–H and O–H groups in total. The number of aliphatic hydroxyl groups is 1. The molecular formula is C20H26N8O3S. The molecule has 0 aromatic carbocycles. The van der Waals surface area contributed by atoms with Gasteiger partial charge >= 0.3 is 0 Å². The summed E-state index contributed by atoms with van der Waals surface area (Å²) in [6, 6.07) is 1.76. The predicted octanol–water partition coefficient (Wildman–Crippen LogP) is 0.822. The number of H-pyrrole nitrogens is 1. The molecule has 0 bridgehead atoms. The van der Waals surface area contributed by atoms with Gasteiger partial charge in [0.15, 0.2) is 5.65 Å². The van der Waals surface area contributed by atoms with Crippen molar-refractivity contribution in [2.75, 3.05) is 42.7 Å². The number of hydrogen-bond acceptors (Lipinski definition) is 9. The number of fused-ring (bicyclic) bond motifs is 1. The molecule has 2 saturated heterocycles. The van der Waals surface area contributed by atoms with Gasteiger partial charge in [0.25, 0.3) is 0 Å². The van der Waals surface area contributed by atoms with Crippen LogP contribution in [-0.2, 0) is 10.0 Å². The van der Waals surface area contributed by atoms with Crippen molar-refractivity contribution in [2.45, 2.75) is 31.4 Å². The van der Waals surface area contributed by atoms with Crippen LogP contribution in [0, 0.1) is 0 Å². The van der Waals surface area contributed by atoms with Crippen molar-refractivity contribution in [3.63, 3.8) is 0 Å². The summed E-state index contributed by atoms with van der Waals surface area (Å²) in [7, 11) is -3.26. The molecule has 0 spiro atoms. The van der Waals surface area contributed by atoms with Gasteiger partial charge in [-0.3, -0.25) is 0 Å². The quantitative estimate of drug-likeness (QED) is 0.507. The van der Waals surface area contributed by atoms with Gasteiger partial charge < -0.3 is 20.3 Å². The third kappa shape index (κ3) is 4.25. The summed E-state index contributed by atoms with van der Waals surface area (Å²) in [6.45, 7) is 2.07. The summed E-state index contributed by atoms with van der Waals surface area (Å²) in [6.07, 6.45) is 8.30. The lowest BCUT2D eigenvalue weighted by Gasteiger charge is -2.32. The minimum Gasteiger partial charge on any atom is -0.391 e. The van der Waals surface area contributed by atoms with E-state index < -0.39 is 16.1 Å². The van der Waals surface area contributed by atoms with Gasteiger partial charge in [0.1, 0.15) is 11.3 Å². The van der Waals surface area contributed by atoms with Gasteiger partial charge in [-0.1, -0.05) is 0 Å². The molecule has 0 radical (unpaired) electrons. The summed E-state index contributed by atoms with van der Waals surface area (Å²) in [5.74, 6) is 1.11. The Kier molecular flexibility index (Phi) is 5.43. The van der Waals surface area contributed by atoms with E-state index in [2.05, 4.69) is 25.3 Å². The van der Waals surface area contributed by atoms with E-state index in [-0.39, 0.29) is 6.04 Å². The lowest BCUT2D eigenvalue weighted by atomic mass is 10.1. The van der Waals surface area contributed by atoms with Gasteiger partial charge in [0, 0.05) is 44.6 Å². The van der Waals surface area contributed by atoms with Crippen LogP contribution in [0.2, 0.25) is 0 Å². The smallest absolute Gasteiger partial charge is 0.227 e. The number of aliphatic hydroxyl groups excluding tert-OH is 1. The molecular weight excluding hydrogens is 432 g/mol. The topological polar surface area (TPSA) is 140 Å². The maximum Gasteiger partial charge on any atom is 0.227 e. The van der Waals surface area contributed by atoms with E-state index in [0.717, 1.165) is 18.4 Å². The predicted molar refractivity (Wildman–Crippen MR) is 121 cm³/mol. The molecule has 2 aliphatic heterocycles. The highest BCUT2D eigenvalue weighted by atomic mass is 32.2. The highest BCUT2D eigenvalue weighted by Gasteiger charge is 2.28. The molecule has 2 aliphatic rings. The van der Waals surface area contributed by atoms with Crippen LogP contribution in [0.1, 0.15) is 19.3 Å².